The topological polar surface area (TPSA) is 0 Å². The second kappa shape index (κ2) is 8.66. The quantitative estimate of drug-likeness (QED) is 0.363. The highest BCUT2D eigenvalue weighted by Crippen LogP contribution is 2.38. The van der Waals surface area contributed by atoms with Crippen molar-refractivity contribution >= 4 is 11.6 Å². The Morgan fingerprint density at radius 2 is 1.42 bits per heavy atom. The number of allylic oxidation sites excluding steroid dienone is 1. The van der Waals surface area contributed by atoms with Crippen LogP contribution in [0.3, 0.4) is 0 Å². The lowest BCUT2D eigenvalue weighted by atomic mass is 9.85. The van der Waals surface area contributed by atoms with Crippen LogP contribution in [0.1, 0.15) is 48.4 Å². The van der Waals surface area contributed by atoms with Crippen molar-refractivity contribution in [2.75, 3.05) is 0 Å². The van der Waals surface area contributed by atoms with E-state index in [2.05, 4.69) is 0 Å². The molecule has 0 aromatic heterocycles. The predicted octanol–water partition coefficient (Wildman–Crippen LogP) is 7.88. The Kier molecular flexibility index (Phi) is 5.94. The molecule has 0 fully saturated rings. The van der Waals surface area contributed by atoms with Crippen molar-refractivity contribution in [2.24, 2.45) is 0 Å². The van der Waals surface area contributed by atoms with Crippen LogP contribution in [0, 0.1) is 29.1 Å². The van der Waals surface area contributed by atoms with Crippen LogP contribution >= 0.6 is 0 Å². The fourth-order valence-electron chi connectivity index (χ4n) is 4.12. The van der Waals surface area contributed by atoms with Gasteiger partial charge in [0.15, 0.2) is 0 Å². The van der Waals surface area contributed by atoms with Crippen LogP contribution in [0.2, 0.25) is 0 Å². The highest BCUT2D eigenvalue weighted by Gasteiger charge is 2.24. The van der Waals surface area contributed by atoms with Crippen molar-refractivity contribution < 1.29 is 22.0 Å². The van der Waals surface area contributed by atoms with Crippen molar-refractivity contribution in [1.82, 2.24) is 0 Å². The molecule has 3 aromatic rings. The summed E-state index contributed by atoms with van der Waals surface area (Å²) in [6.07, 6.45) is 4.20. The average Bonchev–Trinajstić information content (AvgIpc) is 2.73. The van der Waals surface area contributed by atoms with Gasteiger partial charge in [-0.1, -0.05) is 31.6 Å². The van der Waals surface area contributed by atoms with Gasteiger partial charge >= 0.3 is 0 Å². The van der Waals surface area contributed by atoms with Gasteiger partial charge in [0.25, 0.3) is 0 Å². The third-order valence-electron chi connectivity index (χ3n) is 5.70. The summed E-state index contributed by atoms with van der Waals surface area (Å²) in [4.78, 5) is 0. The second-order valence-electron chi connectivity index (χ2n) is 7.83. The maximum atomic E-state index is 15.1. The lowest BCUT2D eigenvalue weighted by molar-refractivity contribution is 0.568. The van der Waals surface area contributed by atoms with Crippen LogP contribution in [0.5, 0.6) is 0 Å². The van der Waals surface area contributed by atoms with Crippen molar-refractivity contribution in [3.05, 3.63) is 93.8 Å². The maximum Gasteiger partial charge on any atom is 0.137 e. The molecular formula is C26H21F5. The number of unbranched alkanes of at least 4 members (excludes halogenated alkanes) is 1. The third kappa shape index (κ3) is 4.14. The molecule has 0 N–H and O–H groups in total. The molecule has 0 unspecified atom stereocenters. The molecule has 4 rings (SSSR count). The third-order valence-corrected chi connectivity index (χ3v) is 5.70. The fraction of sp³-hybridized carbons (Fsp3) is 0.231. The Hall–Kier alpha value is -2.95. The lowest BCUT2D eigenvalue weighted by Crippen LogP contribution is -2.08. The fourth-order valence-corrected chi connectivity index (χ4v) is 4.12. The van der Waals surface area contributed by atoms with Crippen molar-refractivity contribution in [2.45, 2.75) is 39.0 Å². The van der Waals surface area contributed by atoms with Crippen molar-refractivity contribution in [1.29, 1.82) is 0 Å². The highest BCUT2D eigenvalue weighted by atomic mass is 19.1. The summed E-state index contributed by atoms with van der Waals surface area (Å²) in [5, 5.41) is 0. The summed E-state index contributed by atoms with van der Waals surface area (Å²) in [7, 11) is 0. The number of fused-ring (bicyclic) bond motifs is 1. The molecule has 0 heterocycles. The van der Waals surface area contributed by atoms with Gasteiger partial charge in [-0.05, 0) is 83.8 Å². The molecule has 1 aliphatic carbocycles. The minimum absolute atomic E-state index is 0.144. The molecule has 0 radical (unpaired) electrons. The Labute approximate surface area is 178 Å². The zero-order chi connectivity index (χ0) is 22.1. The number of aryl methyl sites for hydroxylation is 1. The molecule has 0 atom stereocenters. The van der Waals surface area contributed by atoms with Crippen molar-refractivity contribution in [3.8, 4) is 11.1 Å². The van der Waals surface area contributed by atoms with Gasteiger partial charge in [0.05, 0.1) is 5.56 Å². The molecule has 5 heteroatoms. The van der Waals surface area contributed by atoms with Crippen LogP contribution in [0.4, 0.5) is 22.0 Å². The normalized spacial score (nSPS) is 13.2. The minimum atomic E-state index is -0.809. The van der Waals surface area contributed by atoms with Crippen LogP contribution in [-0.2, 0) is 12.8 Å². The number of hydrogen-bond acceptors (Lipinski definition) is 0. The standard InChI is InChI=1S/C26H21F5/c1-2-3-4-15-11-21(28)24(22(29)12-15)17-7-10-20-18(13-17)14-23(30)25(26(20)31)16-5-8-19(27)9-6-16/h5-6,8-9,11-14H,2-4,7,10H2,1H3. The first-order chi connectivity index (χ1) is 14.9. The van der Waals surface area contributed by atoms with E-state index in [1.165, 1.54) is 36.4 Å². The highest BCUT2D eigenvalue weighted by molar-refractivity contribution is 5.86. The Bertz CT molecular complexity index is 1140. The van der Waals surface area contributed by atoms with Gasteiger partial charge in [0, 0.05) is 5.56 Å². The smallest absolute Gasteiger partial charge is 0.137 e. The van der Waals surface area contributed by atoms with Crippen LogP contribution in [0.25, 0.3) is 22.8 Å². The number of halogens is 5. The molecule has 0 nitrogen and oxygen atoms in total. The molecule has 0 saturated heterocycles. The van der Waals surface area contributed by atoms with E-state index in [9.17, 15) is 17.6 Å². The molecule has 31 heavy (non-hydrogen) atoms. The Morgan fingerprint density at radius 1 is 0.774 bits per heavy atom. The minimum Gasteiger partial charge on any atom is -0.207 e. The number of benzene rings is 3. The summed E-state index contributed by atoms with van der Waals surface area (Å²) in [6, 6.07) is 8.76. The molecule has 0 aliphatic heterocycles. The first-order valence-corrected chi connectivity index (χ1v) is 10.3. The first kappa shape index (κ1) is 21.3. The van der Waals surface area contributed by atoms with Gasteiger partial charge < -0.3 is 0 Å². The monoisotopic (exact) mass is 428 g/mol. The van der Waals surface area contributed by atoms with Gasteiger partial charge in [-0.3, -0.25) is 0 Å². The van der Waals surface area contributed by atoms with E-state index in [1.54, 1.807) is 0 Å². The predicted molar refractivity (Wildman–Crippen MR) is 113 cm³/mol. The van der Waals surface area contributed by atoms with Gasteiger partial charge in [-0.25, -0.2) is 22.0 Å². The second-order valence-corrected chi connectivity index (χ2v) is 7.83. The van der Waals surface area contributed by atoms with E-state index in [4.69, 9.17) is 0 Å². The molecule has 0 saturated carbocycles. The summed E-state index contributed by atoms with van der Waals surface area (Å²) < 4.78 is 72.5. The van der Waals surface area contributed by atoms with E-state index in [0.29, 0.717) is 17.6 Å². The van der Waals surface area contributed by atoms with Crippen LogP contribution in [-0.4, -0.2) is 0 Å². The van der Waals surface area contributed by atoms with Gasteiger partial charge in [0.1, 0.15) is 29.1 Å². The molecule has 0 spiro atoms. The molecular weight excluding hydrogens is 407 g/mol. The van der Waals surface area contributed by atoms with Crippen molar-refractivity contribution in [3.63, 3.8) is 0 Å². The lowest BCUT2D eigenvalue weighted by Gasteiger charge is -2.21. The largest absolute Gasteiger partial charge is 0.207 e. The molecule has 0 amide bonds. The summed E-state index contributed by atoms with van der Waals surface area (Å²) in [6.45, 7) is 2.01. The van der Waals surface area contributed by atoms with E-state index in [0.717, 1.165) is 25.0 Å². The van der Waals surface area contributed by atoms with Gasteiger partial charge in [-0.2, -0.15) is 0 Å². The Balaban J connectivity index is 1.75. The van der Waals surface area contributed by atoms with E-state index < -0.39 is 29.1 Å². The summed E-state index contributed by atoms with van der Waals surface area (Å²) in [5.74, 6) is -3.36. The summed E-state index contributed by atoms with van der Waals surface area (Å²) in [5.41, 5.74) is 1.37. The van der Waals surface area contributed by atoms with Gasteiger partial charge in [0.2, 0.25) is 0 Å². The summed E-state index contributed by atoms with van der Waals surface area (Å²) >= 11 is 0. The number of rotatable bonds is 5. The Morgan fingerprint density at radius 3 is 2.06 bits per heavy atom. The van der Waals surface area contributed by atoms with Crippen LogP contribution in [0.15, 0.2) is 42.5 Å². The maximum absolute atomic E-state index is 15.1. The molecule has 1 aliphatic rings. The average molecular weight is 428 g/mol. The first-order valence-electron chi connectivity index (χ1n) is 10.3. The zero-order valence-electron chi connectivity index (χ0n) is 17.0. The van der Waals surface area contributed by atoms with E-state index in [1.807, 2.05) is 6.92 Å². The van der Waals surface area contributed by atoms with E-state index >= 15 is 4.39 Å². The zero-order valence-corrected chi connectivity index (χ0v) is 17.0. The van der Waals surface area contributed by atoms with Crippen LogP contribution < -0.4 is 0 Å². The molecule has 160 valence electrons. The molecule has 0 bridgehead atoms. The van der Waals surface area contributed by atoms with Gasteiger partial charge in [-0.15, -0.1) is 0 Å². The SMILES string of the molecule is CCCCc1cc(F)c(C2=Cc3cc(F)c(-c4ccc(F)cc4)c(F)c3CC2)c(F)c1. The number of hydrogen-bond donors (Lipinski definition) is 0. The van der Waals surface area contributed by atoms with E-state index in [-0.39, 0.29) is 40.7 Å². The molecule has 3 aromatic carbocycles.